The second-order valence-electron chi connectivity index (χ2n) is 5.67. The highest BCUT2D eigenvalue weighted by molar-refractivity contribution is 5.68. The highest BCUT2D eigenvalue weighted by Crippen LogP contribution is 2.12. The molecule has 2 aromatic heterocycles. The van der Waals surface area contributed by atoms with Gasteiger partial charge in [-0.2, -0.15) is 0 Å². The van der Waals surface area contributed by atoms with Crippen LogP contribution >= 0.6 is 0 Å². The molecule has 7 nitrogen and oxygen atoms in total. The number of imidazole rings is 1. The van der Waals surface area contributed by atoms with E-state index in [1.807, 2.05) is 0 Å². The molecule has 110 valence electrons. The molecule has 0 bridgehead atoms. The molecule has 20 heavy (non-hydrogen) atoms. The Bertz CT molecular complexity index is 718. The van der Waals surface area contributed by atoms with E-state index >= 15 is 0 Å². The smallest absolute Gasteiger partial charge is 0.332 e. The van der Waals surface area contributed by atoms with E-state index in [0.29, 0.717) is 30.6 Å². The SMILES string of the molecule is Cn1c(=O)n(CCCCC(C)(C)O)c(=O)c2[nH]cnc21. The maximum Gasteiger partial charge on any atom is 0.332 e. The molecule has 2 N–H and O–H groups in total. The molecule has 0 aromatic carbocycles. The van der Waals surface area contributed by atoms with Crippen LogP contribution in [0.1, 0.15) is 33.1 Å². The normalized spacial score (nSPS) is 12.2. The first-order valence-electron chi connectivity index (χ1n) is 6.66. The zero-order chi connectivity index (χ0) is 14.9. The first-order valence-corrected chi connectivity index (χ1v) is 6.66. The largest absolute Gasteiger partial charge is 0.390 e. The van der Waals surface area contributed by atoms with Gasteiger partial charge < -0.3 is 10.1 Å². The van der Waals surface area contributed by atoms with Gasteiger partial charge in [-0.1, -0.05) is 0 Å². The van der Waals surface area contributed by atoms with Crippen molar-refractivity contribution in [1.29, 1.82) is 0 Å². The third-order valence-electron chi connectivity index (χ3n) is 3.33. The van der Waals surface area contributed by atoms with Gasteiger partial charge in [0.25, 0.3) is 5.56 Å². The van der Waals surface area contributed by atoms with Crippen molar-refractivity contribution in [3.63, 3.8) is 0 Å². The summed E-state index contributed by atoms with van der Waals surface area (Å²) in [5.74, 6) is 0. The molecule has 0 fully saturated rings. The molecule has 2 heterocycles. The summed E-state index contributed by atoms with van der Waals surface area (Å²) in [5, 5.41) is 9.63. The lowest BCUT2D eigenvalue weighted by Gasteiger charge is -2.16. The Morgan fingerprint density at radius 3 is 2.70 bits per heavy atom. The third kappa shape index (κ3) is 2.82. The van der Waals surface area contributed by atoms with Gasteiger partial charge >= 0.3 is 5.69 Å². The Balaban J connectivity index is 2.22. The van der Waals surface area contributed by atoms with Crippen molar-refractivity contribution in [3.05, 3.63) is 27.2 Å². The van der Waals surface area contributed by atoms with Gasteiger partial charge in [-0.3, -0.25) is 13.9 Å². The fraction of sp³-hybridized carbons (Fsp3) is 0.615. The number of hydrogen-bond acceptors (Lipinski definition) is 4. The van der Waals surface area contributed by atoms with Gasteiger partial charge in [-0.15, -0.1) is 0 Å². The first kappa shape index (κ1) is 14.5. The minimum atomic E-state index is -0.719. The van der Waals surface area contributed by atoms with Gasteiger partial charge in [-0.05, 0) is 33.1 Å². The van der Waals surface area contributed by atoms with E-state index in [-0.39, 0.29) is 11.2 Å². The molecule has 0 amide bonds. The summed E-state index contributed by atoms with van der Waals surface area (Å²) in [5.41, 5.74) is -0.715. The van der Waals surface area contributed by atoms with E-state index < -0.39 is 5.60 Å². The van der Waals surface area contributed by atoms with E-state index in [0.717, 1.165) is 6.42 Å². The molecule has 0 aliphatic heterocycles. The molecule has 0 aliphatic rings. The van der Waals surface area contributed by atoms with Crippen LogP contribution in [-0.4, -0.2) is 29.8 Å². The molecule has 2 rings (SSSR count). The van der Waals surface area contributed by atoms with Crippen LogP contribution in [0, 0.1) is 0 Å². The average Bonchev–Trinajstić information content (AvgIpc) is 2.83. The summed E-state index contributed by atoms with van der Waals surface area (Å²) in [6.45, 7) is 3.83. The van der Waals surface area contributed by atoms with Crippen LogP contribution in [0.25, 0.3) is 11.2 Å². The number of aliphatic hydroxyl groups is 1. The quantitative estimate of drug-likeness (QED) is 0.774. The number of nitrogens with one attached hydrogen (secondary N) is 1. The van der Waals surface area contributed by atoms with Crippen molar-refractivity contribution in [2.24, 2.45) is 7.05 Å². The molecule has 0 radical (unpaired) electrons. The fourth-order valence-electron chi connectivity index (χ4n) is 2.22. The third-order valence-corrected chi connectivity index (χ3v) is 3.33. The zero-order valence-corrected chi connectivity index (χ0v) is 12.0. The Labute approximate surface area is 115 Å². The van der Waals surface area contributed by atoms with Gasteiger partial charge in [0.15, 0.2) is 5.65 Å². The molecule has 0 saturated carbocycles. The van der Waals surface area contributed by atoms with Crippen molar-refractivity contribution in [1.82, 2.24) is 19.1 Å². The average molecular weight is 280 g/mol. The number of aryl methyl sites for hydroxylation is 1. The maximum atomic E-state index is 12.2. The number of aromatic amines is 1. The molecule has 0 aliphatic carbocycles. The lowest BCUT2D eigenvalue weighted by molar-refractivity contribution is 0.0678. The Morgan fingerprint density at radius 2 is 2.05 bits per heavy atom. The highest BCUT2D eigenvalue weighted by atomic mass is 16.3. The molecule has 0 unspecified atom stereocenters. The van der Waals surface area contributed by atoms with Crippen molar-refractivity contribution < 1.29 is 5.11 Å². The predicted octanol–water partition coefficient (Wildman–Crippen LogP) is 0.364. The van der Waals surface area contributed by atoms with E-state index in [4.69, 9.17) is 0 Å². The van der Waals surface area contributed by atoms with Gasteiger partial charge in [0, 0.05) is 13.6 Å². The Hall–Kier alpha value is -1.89. The van der Waals surface area contributed by atoms with Crippen LogP contribution < -0.4 is 11.2 Å². The number of unbranched alkanes of at least 4 members (excludes halogenated alkanes) is 1. The van der Waals surface area contributed by atoms with Crippen LogP contribution in [0.4, 0.5) is 0 Å². The summed E-state index contributed by atoms with van der Waals surface area (Å²) in [7, 11) is 1.60. The summed E-state index contributed by atoms with van der Waals surface area (Å²) in [4.78, 5) is 31.0. The standard InChI is InChI=1S/C13H20N4O3/c1-13(2,20)6-4-5-7-17-11(18)9-10(15-8-14-9)16(3)12(17)19/h8,20H,4-7H2,1-3H3,(H,14,15). The molecular weight excluding hydrogens is 260 g/mol. The number of rotatable bonds is 5. The fourth-order valence-corrected chi connectivity index (χ4v) is 2.22. The Morgan fingerprint density at radius 1 is 1.35 bits per heavy atom. The number of nitrogens with zero attached hydrogens (tertiary/aromatic N) is 3. The summed E-state index contributed by atoms with van der Waals surface area (Å²) < 4.78 is 2.58. The second kappa shape index (κ2) is 5.24. The van der Waals surface area contributed by atoms with Crippen LogP contribution in [0.2, 0.25) is 0 Å². The van der Waals surface area contributed by atoms with Crippen LogP contribution in [0.5, 0.6) is 0 Å². The molecule has 0 atom stereocenters. The lowest BCUT2D eigenvalue weighted by Crippen LogP contribution is -2.39. The highest BCUT2D eigenvalue weighted by Gasteiger charge is 2.14. The van der Waals surface area contributed by atoms with Crippen molar-refractivity contribution >= 4 is 11.2 Å². The van der Waals surface area contributed by atoms with Gasteiger partial charge in [0.05, 0.1) is 11.9 Å². The maximum absolute atomic E-state index is 12.2. The van der Waals surface area contributed by atoms with E-state index in [1.165, 1.54) is 15.5 Å². The predicted molar refractivity (Wildman–Crippen MR) is 75.7 cm³/mol. The van der Waals surface area contributed by atoms with Crippen molar-refractivity contribution in [2.45, 2.75) is 45.3 Å². The minimum absolute atomic E-state index is 0.342. The van der Waals surface area contributed by atoms with E-state index in [1.54, 1.807) is 20.9 Å². The minimum Gasteiger partial charge on any atom is -0.390 e. The summed E-state index contributed by atoms with van der Waals surface area (Å²) >= 11 is 0. The molecule has 0 saturated heterocycles. The van der Waals surface area contributed by atoms with Crippen LogP contribution in [-0.2, 0) is 13.6 Å². The van der Waals surface area contributed by atoms with Gasteiger partial charge in [0.2, 0.25) is 0 Å². The molecular formula is C13H20N4O3. The number of aromatic nitrogens is 4. The Kier molecular flexibility index (Phi) is 3.80. The lowest BCUT2D eigenvalue weighted by atomic mass is 10.0. The van der Waals surface area contributed by atoms with E-state index in [9.17, 15) is 14.7 Å². The van der Waals surface area contributed by atoms with Crippen LogP contribution in [0.15, 0.2) is 15.9 Å². The van der Waals surface area contributed by atoms with E-state index in [2.05, 4.69) is 9.97 Å². The van der Waals surface area contributed by atoms with Crippen molar-refractivity contribution in [2.75, 3.05) is 0 Å². The van der Waals surface area contributed by atoms with Crippen molar-refractivity contribution in [3.8, 4) is 0 Å². The van der Waals surface area contributed by atoms with Crippen LogP contribution in [0.3, 0.4) is 0 Å². The first-order chi connectivity index (χ1) is 9.31. The summed E-state index contributed by atoms with van der Waals surface area (Å²) in [6.07, 6.45) is 3.46. The molecule has 2 aromatic rings. The zero-order valence-electron chi connectivity index (χ0n) is 12.0. The van der Waals surface area contributed by atoms with Gasteiger partial charge in [-0.25, -0.2) is 9.78 Å². The second-order valence-corrected chi connectivity index (χ2v) is 5.67. The van der Waals surface area contributed by atoms with Gasteiger partial charge in [0.1, 0.15) is 5.52 Å². The topological polar surface area (TPSA) is 92.9 Å². The number of H-pyrrole nitrogens is 1. The summed E-state index contributed by atoms with van der Waals surface area (Å²) in [6, 6.07) is 0. The number of fused-ring (bicyclic) bond motifs is 1. The molecule has 7 heteroatoms. The monoisotopic (exact) mass is 280 g/mol. The number of hydrogen-bond donors (Lipinski definition) is 2. The molecule has 0 spiro atoms.